The van der Waals surface area contributed by atoms with Crippen molar-refractivity contribution in [2.75, 3.05) is 37.8 Å². The minimum absolute atomic E-state index is 0.0350. The lowest BCUT2D eigenvalue weighted by atomic mass is 9.87. The molecule has 0 radical (unpaired) electrons. The molecular formula is C51H94N7O17P3S. The molecule has 2 amide bonds. The lowest BCUT2D eigenvalue weighted by Gasteiger charge is -2.30. The number of phosphoric ester groups is 3. The van der Waals surface area contributed by atoms with Crippen molar-refractivity contribution >= 4 is 69.1 Å². The van der Waals surface area contributed by atoms with Gasteiger partial charge in [0.05, 0.1) is 19.5 Å². The van der Waals surface area contributed by atoms with Crippen LogP contribution in [0.25, 0.3) is 11.2 Å². The predicted octanol–water partition coefficient (Wildman–Crippen LogP) is 9.61. The maximum Gasteiger partial charge on any atom is 0.481 e. The molecule has 1 fully saturated rings. The number of carbonyl (C=O) groups excluding carboxylic acids is 3. The number of nitrogens with zero attached hydrogens (tertiary/aromatic N) is 4. The van der Waals surface area contributed by atoms with Gasteiger partial charge in [-0.25, -0.2) is 28.6 Å². The number of amides is 2. The normalized spacial score (nSPS) is 18.8. The molecule has 3 heterocycles. The molecule has 0 aliphatic carbocycles. The van der Waals surface area contributed by atoms with E-state index in [1.807, 2.05) is 0 Å². The lowest BCUT2D eigenvalue weighted by molar-refractivity contribution is -0.137. The second-order valence-corrected chi connectivity index (χ2v) is 26.6. The number of nitrogens with one attached hydrogen (secondary N) is 2. The summed E-state index contributed by atoms with van der Waals surface area (Å²) in [6, 6.07) is 0. The molecule has 10 N–H and O–H groups in total. The number of aromatic nitrogens is 4. The van der Waals surface area contributed by atoms with E-state index >= 15 is 0 Å². The van der Waals surface area contributed by atoms with E-state index in [0.717, 1.165) is 48.2 Å². The van der Waals surface area contributed by atoms with E-state index in [2.05, 4.69) is 41.3 Å². The third kappa shape index (κ3) is 30.1. The maximum absolute atomic E-state index is 12.8. The molecule has 24 nitrogen and oxygen atoms in total. The van der Waals surface area contributed by atoms with E-state index in [4.69, 9.17) is 19.5 Å². The number of nitrogen functional groups attached to an aromatic ring is 1. The number of ether oxygens (including phenoxy) is 1. The van der Waals surface area contributed by atoms with Crippen LogP contribution in [0.4, 0.5) is 5.82 Å². The first-order chi connectivity index (χ1) is 37.6. The highest BCUT2D eigenvalue weighted by Crippen LogP contribution is 2.61. The largest absolute Gasteiger partial charge is 0.481 e. The summed E-state index contributed by atoms with van der Waals surface area (Å²) < 4.78 is 62.6. The van der Waals surface area contributed by atoms with Crippen LogP contribution in [0.5, 0.6) is 0 Å². The molecule has 1 aliphatic heterocycles. The topological polar surface area (TPSA) is 364 Å². The molecule has 28 heteroatoms. The molecule has 0 saturated carbocycles. The smallest absolute Gasteiger partial charge is 0.386 e. The van der Waals surface area contributed by atoms with Crippen molar-refractivity contribution in [2.45, 2.75) is 238 Å². The van der Waals surface area contributed by atoms with Crippen molar-refractivity contribution in [3.8, 4) is 0 Å². The van der Waals surface area contributed by atoms with Gasteiger partial charge in [-0.1, -0.05) is 199 Å². The van der Waals surface area contributed by atoms with Crippen LogP contribution >= 0.6 is 35.2 Å². The Bertz CT molecular complexity index is 2210. The molecular weight excluding hydrogens is 1110 g/mol. The fourth-order valence-electron chi connectivity index (χ4n) is 9.13. The van der Waals surface area contributed by atoms with E-state index in [1.165, 1.54) is 168 Å². The summed E-state index contributed by atoms with van der Waals surface area (Å²) in [4.78, 5) is 88.7. The molecule has 2 aromatic rings. The van der Waals surface area contributed by atoms with Crippen LogP contribution in [0, 0.1) is 5.41 Å². The average molecular weight is 1200 g/mol. The Labute approximate surface area is 471 Å². The number of phosphoric acid groups is 3. The molecule has 456 valence electrons. The van der Waals surface area contributed by atoms with Crippen molar-refractivity contribution in [3.05, 3.63) is 12.7 Å². The molecule has 1 aliphatic rings. The molecule has 0 spiro atoms. The van der Waals surface area contributed by atoms with Gasteiger partial charge >= 0.3 is 23.5 Å². The molecule has 2 aromatic heterocycles. The van der Waals surface area contributed by atoms with Crippen LogP contribution in [0.3, 0.4) is 0 Å². The SMILES string of the molecule is CCCCCCCCCCCCCCCCCCCCCCCCCCCCCC(=O)SCCNC(=O)CCNC(=O)[C@H](O)C(C)(C)COP(=O)(O)OP(=O)(O)OC[C@H]1O[C@@H](n2cnc3c(N)ncnc32)[C@H](O)[C@@H]1OP(=O)(O)O. The molecule has 1 saturated heterocycles. The van der Waals surface area contributed by atoms with Crippen LogP contribution in [0.15, 0.2) is 12.7 Å². The van der Waals surface area contributed by atoms with Gasteiger partial charge in [-0.2, -0.15) is 4.31 Å². The second kappa shape index (κ2) is 38.4. The molecule has 2 unspecified atom stereocenters. The standard InChI is InChI=1S/C51H94N7O17P3S/c1-4-5-6-7-8-9-10-11-12-13-14-15-16-17-18-19-20-21-22-23-24-25-26-27-28-29-30-31-42(60)79-35-34-53-41(59)32-33-54-49(63)46(62)51(2,3)37-72-78(69,70)75-77(67,68)71-36-40-45(74-76(64,65)66)44(61)50(73-40)58-39-57-43-47(52)55-38-56-48(43)58/h38-40,44-46,50,61-62H,4-37H2,1-3H3,(H,53,59)(H,54,63)(H,67,68)(H,69,70)(H2,52,55,56)(H2,64,65,66)/t40-,44-,45-,46+,50-/m1/s1. The van der Waals surface area contributed by atoms with Crippen molar-refractivity contribution in [1.29, 1.82) is 0 Å². The summed E-state index contributed by atoms with van der Waals surface area (Å²) in [6.07, 6.45) is 29.6. The molecule has 3 rings (SSSR count). The fraction of sp³-hybridized carbons (Fsp3) is 0.843. The highest BCUT2D eigenvalue weighted by Gasteiger charge is 2.50. The van der Waals surface area contributed by atoms with Crippen molar-refractivity contribution in [1.82, 2.24) is 30.2 Å². The monoisotopic (exact) mass is 1200 g/mol. The van der Waals surface area contributed by atoms with Gasteiger partial charge in [0, 0.05) is 37.1 Å². The van der Waals surface area contributed by atoms with Gasteiger partial charge in [0.25, 0.3) is 0 Å². The van der Waals surface area contributed by atoms with Crippen molar-refractivity contribution < 1.29 is 80.5 Å². The quantitative estimate of drug-likeness (QED) is 0.0220. The first-order valence-electron chi connectivity index (χ1n) is 28.6. The van der Waals surface area contributed by atoms with E-state index < -0.39 is 84.6 Å². The Kier molecular flexibility index (Phi) is 34.4. The zero-order chi connectivity index (χ0) is 58.2. The highest BCUT2D eigenvalue weighted by atomic mass is 32.2. The minimum Gasteiger partial charge on any atom is -0.386 e. The molecule has 0 aromatic carbocycles. The Balaban J connectivity index is 1.16. The Morgan fingerprint density at radius 2 is 1.22 bits per heavy atom. The number of nitrogens with two attached hydrogens (primary N) is 1. The van der Waals surface area contributed by atoms with Gasteiger partial charge < -0.3 is 50.9 Å². The minimum atomic E-state index is -5.58. The van der Waals surface area contributed by atoms with Gasteiger partial charge in [-0.15, -0.1) is 0 Å². The maximum atomic E-state index is 12.8. The lowest BCUT2D eigenvalue weighted by Crippen LogP contribution is -2.46. The number of fused-ring (bicyclic) bond motifs is 1. The van der Waals surface area contributed by atoms with Crippen LogP contribution in [-0.4, -0.2) is 123 Å². The molecule has 0 bridgehead atoms. The van der Waals surface area contributed by atoms with E-state index in [0.29, 0.717) is 12.2 Å². The number of aliphatic hydroxyl groups excluding tert-OH is 2. The third-order valence-corrected chi connectivity index (χ3v) is 17.8. The molecule has 79 heavy (non-hydrogen) atoms. The van der Waals surface area contributed by atoms with Crippen LogP contribution in [0.2, 0.25) is 0 Å². The summed E-state index contributed by atoms with van der Waals surface area (Å²) in [6.45, 7) is 2.87. The van der Waals surface area contributed by atoms with Gasteiger partial charge in [0.1, 0.15) is 36.3 Å². The van der Waals surface area contributed by atoms with Gasteiger partial charge in [0.15, 0.2) is 22.8 Å². The number of thioether (sulfide) groups is 1. The van der Waals surface area contributed by atoms with Crippen molar-refractivity contribution in [3.63, 3.8) is 0 Å². The van der Waals surface area contributed by atoms with Crippen LogP contribution < -0.4 is 16.4 Å². The van der Waals surface area contributed by atoms with Gasteiger partial charge in [0.2, 0.25) is 11.8 Å². The second-order valence-electron chi connectivity index (χ2n) is 21.2. The predicted molar refractivity (Wildman–Crippen MR) is 302 cm³/mol. The number of rotatable bonds is 47. The Morgan fingerprint density at radius 1 is 0.722 bits per heavy atom. The zero-order valence-electron chi connectivity index (χ0n) is 46.9. The summed E-state index contributed by atoms with van der Waals surface area (Å²) in [7, 11) is -16.4. The highest BCUT2D eigenvalue weighted by molar-refractivity contribution is 8.13. The number of anilines is 1. The number of hydrogen-bond acceptors (Lipinski definition) is 18. The first kappa shape index (κ1) is 70.8. The van der Waals surface area contributed by atoms with Crippen molar-refractivity contribution in [2.24, 2.45) is 5.41 Å². The van der Waals surface area contributed by atoms with Gasteiger partial charge in [-0.05, 0) is 6.42 Å². The summed E-state index contributed by atoms with van der Waals surface area (Å²) >= 11 is 1.16. The van der Waals surface area contributed by atoms with E-state index in [9.17, 15) is 57.9 Å². The average Bonchev–Trinajstić information content (AvgIpc) is 4.12. The number of unbranched alkanes of at least 4 members (excludes halogenated alkanes) is 26. The Morgan fingerprint density at radius 3 is 1.72 bits per heavy atom. The number of aliphatic hydroxyl groups is 2. The van der Waals surface area contributed by atoms with Gasteiger partial charge in [-0.3, -0.25) is 32.5 Å². The number of imidazole rings is 1. The van der Waals surface area contributed by atoms with E-state index in [-0.39, 0.29) is 41.6 Å². The summed E-state index contributed by atoms with van der Waals surface area (Å²) in [5.41, 5.74) is 4.30. The zero-order valence-corrected chi connectivity index (χ0v) is 50.4. The molecule has 7 atom stereocenters. The van der Waals surface area contributed by atoms with E-state index in [1.54, 1.807) is 0 Å². The summed E-state index contributed by atoms with van der Waals surface area (Å²) in [5, 5.41) is 26.8. The summed E-state index contributed by atoms with van der Waals surface area (Å²) in [5.74, 6) is -1.01. The third-order valence-electron chi connectivity index (χ3n) is 13.7. The number of carbonyl (C=O) groups is 3. The first-order valence-corrected chi connectivity index (χ1v) is 34.1. The Hall–Kier alpha value is -2.44. The fourth-order valence-corrected chi connectivity index (χ4v) is 12.7. The van der Waals surface area contributed by atoms with Crippen LogP contribution in [-0.2, 0) is 50.7 Å². The van der Waals surface area contributed by atoms with Crippen LogP contribution in [0.1, 0.15) is 213 Å². The number of hydrogen-bond donors (Lipinski definition) is 9.